The monoisotopic (exact) mass is 243 g/mol. The van der Waals surface area contributed by atoms with E-state index in [2.05, 4.69) is 5.32 Å². The Balaban J connectivity index is 2.19. The molecule has 0 saturated carbocycles. The van der Waals surface area contributed by atoms with Gasteiger partial charge >= 0.3 is 0 Å². The molecule has 0 aliphatic carbocycles. The molecule has 1 heterocycles. The average molecular weight is 244 g/mol. The molecule has 1 N–H and O–H groups in total. The molecule has 1 fully saturated rings. The number of nitrogens with one attached hydrogen (secondary N) is 1. The fourth-order valence-electron chi connectivity index (χ4n) is 1.38. The van der Waals surface area contributed by atoms with Crippen molar-refractivity contribution in [2.45, 2.75) is 10.1 Å². The molecule has 0 spiro atoms. The molecular weight excluding hydrogens is 234 g/mol. The van der Waals surface area contributed by atoms with Crippen LogP contribution in [0.5, 0.6) is 5.75 Å². The fraction of sp³-hybridized carbons (Fsp3) is 0.300. The summed E-state index contributed by atoms with van der Waals surface area (Å²) in [6, 6.07) is 7.59. The molecule has 2 rings (SSSR count). The number of thioether (sulfide) groups is 1. The SMILES string of the molecule is COc1cccc(C2NC(=O)C(Cl)S2)c1. The lowest BCUT2D eigenvalue weighted by Crippen LogP contribution is -2.21. The minimum absolute atomic E-state index is 0.0740. The topological polar surface area (TPSA) is 38.3 Å². The van der Waals surface area contributed by atoms with Gasteiger partial charge in [0.2, 0.25) is 5.91 Å². The van der Waals surface area contributed by atoms with Gasteiger partial charge in [-0.15, -0.1) is 23.4 Å². The number of rotatable bonds is 2. The van der Waals surface area contributed by atoms with Crippen LogP contribution in [0.15, 0.2) is 24.3 Å². The summed E-state index contributed by atoms with van der Waals surface area (Å²) >= 11 is 7.20. The van der Waals surface area contributed by atoms with Crippen molar-refractivity contribution in [1.29, 1.82) is 0 Å². The van der Waals surface area contributed by atoms with Crippen molar-refractivity contribution in [1.82, 2.24) is 5.32 Å². The molecule has 2 atom stereocenters. The van der Waals surface area contributed by atoms with E-state index in [1.54, 1.807) is 7.11 Å². The van der Waals surface area contributed by atoms with E-state index in [0.717, 1.165) is 11.3 Å². The Labute approximate surface area is 97.1 Å². The predicted octanol–water partition coefficient (Wildman–Crippen LogP) is 2.12. The third-order valence-corrected chi connectivity index (χ3v) is 3.75. The van der Waals surface area contributed by atoms with Gasteiger partial charge in [0.1, 0.15) is 11.1 Å². The van der Waals surface area contributed by atoms with Gasteiger partial charge in [0, 0.05) is 0 Å². The van der Waals surface area contributed by atoms with Gasteiger partial charge < -0.3 is 10.1 Å². The third-order valence-electron chi connectivity index (χ3n) is 2.13. The van der Waals surface area contributed by atoms with Crippen molar-refractivity contribution >= 4 is 29.3 Å². The van der Waals surface area contributed by atoms with Crippen LogP contribution >= 0.6 is 23.4 Å². The van der Waals surface area contributed by atoms with Crippen LogP contribution < -0.4 is 10.1 Å². The van der Waals surface area contributed by atoms with Gasteiger partial charge in [-0.3, -0.25) is 4.79 Å². The number of alkyl halides is 1. The molecule has 15 heavy (non-hydrogen) atoms. The molecule has 1 aromatic carbocycles. The quantitative estimate of drug-likeness (QED) is 0.809. The lowest BCUT2D eigenvalue weighted by atomic mass is 10.2. The van der Waals surface area contributed by atoms with Crippen LogP contribution in [0.3, 0.4) is 0 Å². The molecule has 1 aliphatic heterocycles. The van der Waals surface area contributed by atoms with Gasteiger partial charge in [0.25, 0.3) is 0 Å². The highest BCUT2D eigenvalue weighted by atomic mass is 35.5. The van der Waals surface area contributed by atoms with Crippen molar-refractivity contribution in [2.75, 3.05) is 7.11 Å². The molecule has 0 radical (unpaired) electrons. The number of halogens is 1. The number of carbonyl (C=O) groups excluding carboxylic acids is 1. The summed E-state index contributed by atoms with van der Waals surface area (Å²) in [5, 5.41) is 2.73. The predicted molar refractivity (Wildman–Crippen MR) is 61.1 cm³/mol. The van der Waals surface area contributed by atoms with Crippen LogP contribution in [-0.4, -0.2) is 17.7 Å². The van der Waals surface area contributed by atoms with Crippen molar-refractivity contribution in [3.8, 4) is 5.75 Å². The van der Waals surface area contributed by atoms with Gasteiger partial charge in [0.05, 0.1) is 7.11 Å². The van der Waals surface area contributed by atoms with Gasteiger partial charge in [-0.25, -0.2) is 0 Å². The normalized spacial score (nSPS) is 25.1. The van der Waals surface area contributed by atoms with Crippen molar-refractivity contribution in [2.24, 2.45) is 0 Å². The Kier molecular flexibility index (Phi) is 3.07. The van der Waals surface area contributed by atoms with E-state index in [1.807, 2.05) is 24.3 Å². The lowest BCUT2D eigenvalue weighted by Gasteiger charge is -2.10. The molecular formula is C10H10ClNO2S. The Morgan fingerprint density at radius 1 is 1.53 bits per heavy atom. The average Bonchev–Trinajstić information content (AvgIpc) is 2.59. The summed E-state index contributed by atoms with van der Waals surface area (Å²) in [6.45, 7) is 0. The highest BCUT2D eigenvalue weighted by molar-refractivity contribution is 8.02. The molecule has 1 aromatic rings. The maximum atomic E-state index is 11.2. The van der Waals surface area contributed by atoms with Crippen LogP contribution in [0.25, 0.3) is 0 Å². The standard InChI is InChI=1S/C10H10ClNO2S/c1-14-7-4-2-3-6(5-7)10-12-9(13)8(11)15-10/h2-5,8,10H,1H3,(H,12,13). The summed E-state index contributed by atoms with van der Waals surface area (Å²) in [5.41, 5.74) is 0.996. The highest BCUT2D eigenvalue weighted by Gasteiger charge is 2.31. The number of benzene rings is 1. The van der Waals surface area contributed by atoms with Crippen LogP contribution in [-0.2, 0) is 4.79 Å². The van der Waals surface area contributed by atoms with E-state index < -0.39 is 4.71 Å². The van der Waals surface area contributed by atoms with Crippen LogP contribution in [0.1, 0.15) is 10.9 Å². The molecule has 5 heteroatoms. The van der Waals surface area contributed by atoms with Crippen molar-refractivity contribution in [3.05, 3.63) is 29.8 Å². The van der Waals surface area contributed by atoms with Crippen molar-refractivity contribution in [3.63, 3.8) is 0 Å². The summed E-state index contributed by atoms with van der Waals surface area (Å²) in [4.78, 5) is 11.2. The number of hydrogen-bond acceptors (Lipinski definition) is 3. The minimum atomic E-state index is -0.499. The second kappa shape index (κ2) is 4.33. The second-order valence-corrected chi connectivity index (χ2v) is 5.03. The Morgan fingerprint density at radius 2 is 2.33 bits per heavy atom. The zero-order valence-corrected chi connectivity index (χ0v) is 9.64. The van der Waals surface area contributed by atoms with E-state index >= 15 is 0 Å². The number of methoxy groups -OCH3 is 1. The van der Waals surface area contributed by atoms with E-state index in [4.69, 9.17) is 16.3 Å². The maximum absolute atomic E-state index is 11.2. The van der Waals surface area contributed by atoms with Crippen molar-refractivity contribution < 1.29 is 9.53 Å². The van der Waals surface area contributed by atoms with Gasteiger partial charge in [0.15, 0.2) is 4.71 Å². The highest BCUT2D eigenvalue weighted by Crippen LogP contribution is 2.38. The van der Waals surface area contributed by atoms with Gasteiger partial charge in [-0.05, 0) is 17.7 Å². The maximum Gasteiger partial charge on any atom is 0.249 e. The van der Waals surface area contributed by atoms with Crippen LogP contribution in [0, 0.1) is 0 Å². The van der Waals surface area contributed by atoms with E-state index in [-0.39, 0.29) is 11.3 Å². The zero-order valence-electron chi connectivity index (χ0n) is 8.07. The van der Waals surface area contributed by atoms with E-state index in [9.17, 15) is 4.79 Å². The smallest absolute Gasteiger partial charge is 0.249 e. The number of carbonyl (C=O) groups is 1. The van der Waals surface area contributed by atoms with Gasteiger partial charge in [-0.2, -0.15) is 0 Å². The molecule has 0 bridgehead atoms. The summed E-state index contributed by atoms with van der Waals surface area (Å²) < 4.78 is 4.61. The zero-order chi connectivity index (χ0) is 10.8. The first-order chi connectivity index (χ1) is 7.20. The largest absolute Gasteiger partial charge is 0.497 e. The number of ether oxygens (including phenoxy) is 1. The Bertz CT molecular complexity index is 385. The molecule has 80 valence electrons. The van der Waals surface area contributed by atoms with Gasteiger partial charge in [-0.1, -0.05) is 12.1 Å². The number of amides is 1. The first kappa shape index (κ1) is 10.6. The van der Waals surface area contributed by atoms with E-state index in [0.29, 0.717) is 0 Å². The Hall–Kier alpha value is -0.870. The molecule has 0 aromatic heterocycles. The van der Waals surface area contributed by atoms with Crippen LogP contribution in [0.4, 0.5) is 0 Å². The summed E-state index contributed by atoms with van der Waals surface area (Å²) in [7, 11) is 1.61. The van der Waals surface area contributed by atoms with E-state index in [1.165, 1.54) is 11.8 Å². The molecule has 2 unspecified atom stereocenters. The fourth-order valence-corrected chi connectivity index (χ4v) is 2.67. The summed E-state index contributed by atoms with van der Waals surface area (Å²) in [5.74, 6) is 0.648. The molecule has 1 saturated heterocycles. The molecule has 1 amide bonds. The first-order valence-corrected chi connectivity index (χ1v) is 5.82. The minimum Gasteiger partial charge on any atom is -0.497 e. The lowest BCUT2D eigenvalue weighted by molar-refractivity contribution is -0.118. The third kappa shape index (κ3) is 2.21. The van der Waals surface area contributed by atoms with Crippen LogP contribution in [0.2, 0.25) is 0 Å². The number of hydrogen-bond donors (Lipinski definition) is 1. The molecule has 1 aliphatic rings. The molecule has 3 nitrogen and oxygen atoms in total. The Morgan fingerprint density at radius 3 is 2.93 bits per heavy atom. The first-order valence-electron chi connectivity index (χ1n) is 4.44. The second-order valence-electron chi connectivity index (χ2n) is 3.12. The summed E-state index contributed by atoms with van der Waals surface area (Å²) in [6.07, 6.45) is 0.